The van der Waals surface area contributed by atoms with Gasteiger partial charge in [0.2, 0.25) is 0 Å². The first kappa shape index (κ1) is 21.3. The summed E-state index contributed by atoms with van der Waals surface area (Å²) in [6.45, 7) is 6.13. The quantitative estimate of drug-likeness (QED) is 0.385. The van der Waals surface area contributed by atoms with E-state index in [1.54, 1.807) is 0 Å². The lowest BCUT2D eigenvalue weighted by atomic mass is 10.1. The zero-order valence-corrected chi connectivity index (χ0v) is 19.4. The molecule has 0 spiro atoms. The predicted octanol–water partition coefficient (Wildman–Crippen LogP) is 6.28. The van der Waals surface area contributed by atoms with Crippen LogP contribution in [0.1, 0.15) is 29.6 Å². The number of aryl methyl sites for hydroxylation is 4. The van der Waals surface area contributed by atoms with Gasteiger partial charge in [-0.3, -0.25) is 5.32 Å². The van der Waals surface area contributed by atoms with Crippen molar-refractivity contribution >= 4 is 45.1 Å². The molecule has 0 aliphatic heterocycles. The maximum absolute atomic E-state index is 12.4. The van der Waals surface area contributed by atoms with Crippen LogP contribution < -0.4 is 5.32 Å². The average molecular weight is 455 g/mol. The van der Waals surface area contributed by atoms with Gasteiger partial charge in [0.15, 0.2) is 0 Å². The van der Waals surface area contributed by atoms with Gasteiger partial charge in [0.05, 0.1) is 16.7 Å². The first-order valence-electron chi connectivity index (χ1n) is 9.97. The van der Waals surface area contributed by atoms with Gasteiger partial charge in [0.1, 0.15) is 22.4 Å². The highest BCUT2D eigenvalue weighted by atomic mass is 35.5. The number of aromatic nitrogens is 3. The number of amides is 1. The summed E-state index contributed by atoms with van der Waals surface area (Å²) in [5, 5.41) is 5.09. The number of nitrogens with one attached hydrogen (secondary N) is 1. The van der Waals surface area contributed by atoms with Gasteiger partial charge < -0.3 is 9.30 Å². The Balaban J connectivity index is 1.46. The van der Waals surface area contributed by atoms with E-state index in [-0.39, 0.29) is 6.61 Å². The van der Waals surface area contributed by atoms with Crippen LogP contribution in [0.25, 0.3) is 21.6 Å². The van der Waals surface area contributed by atoms with Gasteiger partial charge in [0.25, 0.3) is 0 Å². The summed E-state index contributed by atoms with van der Waals surface area (Å²) >= 11 is 7.50. The molecule has 0 aliphatic carbocycles. The molecule has 4 aromatic rings. The van der Waals surface area contributed by atoms with Crippen LogP contribution in [0.4, 0.5) is 9.80 Å². The molecule has 31 heavy (non-hydrogen) atoms. The maximum atomic E-state index is 12.4. The van der Waals surface area contributed by atoms with Crippen LogP contribution in [0, 0.1) is 13.8 Å². The molecule has 0 saturated carbocycles. The van der Waals surface area contributed by atoms with Crippen molar-refractivity contribution in [2.45, 2.75) is 33.8 Å². The molecule has 0 aliphatic rings. The second kappa shape index (κ2) is 8.69. The lowest BCUT2D eigenvalue weighted by molar-refractivity contribution is 0.155. The van der Waals surface area contributed by atoms with Crippen molar-refractivity contribution in [2.75, 3.05) is 5.32 Å². The predicted molar refractivity (Wildman–Crippen MR) is 126 cm³/mol. The molecule has 1 N–H and O–H groups in total. The molecule has 2 aromatic carbocycles. The molecule has 2 aromatic heterocycles. The Morgan fingerprint density at radius 2 is 2.00 bits per heavy atom. The highest BCUT2D eigenvalue weighted by molar-refractivity contribution is 7.19. The molecule has 8 heteroatoms. The zero-order valence-electron chi connectivity index (χ0n) is 17.8. The van der Waals surface area contributed by atoms with E-state index in [0.29, 0.717) is 16.4 Å². The summed E-state index contributed by atoms with van der Waals surface area (Å²) in [7, 11) is 1.98. The number of halogens is 1. The van der Waals surface area contributed by atoms with E-state index < -0.39 is 6.09 Å². The van der Waals surface area contributed by atoms with Crippen LogP contribution in [-0.4, -0.2) is 20.6 Å². The normalized spacial score (nSPS) is 11.1. The van der Waals surface area contributed by atoms with Gasteiger partial charge in [-0.25, -0.2) is 14.8 Å². The Bertz CT molecular complexity index is 1280. The minimum atomic E-state index is -0.505. The number of nitrogens with zero attached hydrogens (tertiary/aromatic N) is 3. The Labute approximate surface area is 189 Å². The van der Waals surface area contributed by atoms with Gasteiger partial charge in [-0.1, -0.05) is 42.0 Å². The molecule has 0 atom stereocenters. The van der Waals surface area contributed by atoms with Crippen LogP contribution in [0.3, 0.4) is 0 Å². The molecule has 160 valence electrons. The minimum Gasteiger partial charge on any atom is -0.444 e. The fourth-order valence-corrected chi connectivity index (χ4v) is 4.76. The Kier molecular flexibility index (Phi) is 5.98. The van der Waals surface area contributed by atoms with Crippen molar-refractivity contribution in [3.8, 4) is 10.6 Å². The second-order valence-electron chi connectivity index (χ2n) is 7.35. The third-order valence-corrected chi connectivity index (χ3v) is 6.49. The summed E-state index contributed by atoms with van der Waals surface area (Å²) in [5.74, 6) is 0.940. The van der Waals surface area contributed by atoms with Crippen LogP contribution in [0.15, 0.2) is 36.4 Å². The van der Waals surface area contributed by atoms with Crippen molar-refractivity contribution in [1.82, 2.24) is 14.5 Å². The van der Waals surface area contributed by atoms with Crippen molar-refractivity contribution in [2.24, 2.45) is 7.05 Å². The van der Waals surface area contributed by atoms with Gasteiger partial charge in [-0.15, -0.1) is 0 Å². The lowest BCUT2D eigenvalue weighted by Crippen LogP contribution is -2.13. The van der Waals surface area contributed by atoms with Gasteiger partial charge in [-0.2, -0.15) is 0 Å². The molecule has 0 radical (unpaired) electrons. The van der Waals surface area contributed by atoms with E-state index in [1.807, 2.05) is 68.8 Å². The molecule has 4 rings (SSSR count). The number of ether oxygens (including phenoxy) is 1. The van der Waals surface area contributed by atoms with Crippen molar-refractivity contribution in [3.05, 3.63) is 64.1 Å². The van der Waals surface area contributed by atoms with E-state index in [9.17, 15) is 4.79 Å². The molecule has 2 heterocycles. The molecule has 0 fully saturated rings. The summed E-state index contributed by atoms with van der Waals surface area (Å²) in [5.41, 5.74) is 5.70. The van der Waals surface area contributed by atoms with Crippen LogP contribution in [0.2, 0.25) is 5.02 Å². The fourth-order valence-electron chi connectivity index (χ4n) is 3.40. The number of hydrogen-bond donors (Lipinski definition) is 1. The maximum Gasteiger partial charge on any atom is 0.412 e. The highest BCUT2D eigenvalue weighted by Gasteiger charge is 2.16. The SMILES string of the molecule is CCc1nc(-c2ccc(Cl)cc2C)sc1NC(=O)OCc1ccc2c(c1)nc(C)n2C. The standard InChI is InChI=1S/C23H23ClN4O2S/c1-5-18-22(31-21(26-18)17-8-7-16(24)10-13(17)2)27-23(29)30-12-15-6-9-20-19(11-15)25-14(3)28(20)4/h6-11H,5,12H2,1-4H3,(H,27,29). The Hall–Kier alpha value is -2.90. The molecule has 0 saturated heterocycles. The monoisotopic (exact) mass is 454 g/mol. The first-order valence-corrected chi connectivity index (χ1v) is 11.2. The minimum absolute atomic E-state index is 0.167. The van der Waals surface area contributed by atoms with Gasteiger partial charge in [0, 0.05) is 17.6 Å². The van der Waals surface area contributed by atoms with Crippen LogP contribution in [0.5, 0.6) is 0 Å². The van der Waals surface area contributed by atoms with Crippen molar-refractivity contribution in [3.63, 3.8) is 0 Å². The molecular formula is C23H23ClN4O2S. The number of carbonyl (C=O) groups is 1. The lowest BCUT2D eigenvalue weighted by Gasteiger charge is -2.07. The average Bonchev–Trinajstić information content (AvgIpc) is 3.26. The van der Waals surface area contributed by atoms with Gasteiger partial charge in [-0.05, 0) is 55.7 Å². The highest BCUT2D eigenvalue weighted by Crippen LogP contribution is 2.35. The van der Waals surface area contributed by atoms with Crippen molar-refractivity contribution in [1.29, 1.82) is 0 Å². The number of anilines is 1. The first-order chi connectivity index (χ1) is 14.9. The van der Waals surface area contributed by atoms with E-state index in [2.05, 4.69) is 10.3 Å². The number of fused-ring (bicyclic) bond motifs is 1. The van der Waals surface area contributed by atoms with Crippen LogP contribution in [-0.2, 0) is 24.8 Å². The summed E-state index contributed by atoms with van der Waals surface area (Å²) in [6.07, 6.45) is 0.198. The fraction of sp³-hybridized carbons (Fsp3) is 0.261. The summed E-state index contributed by atoms with van der Waals surface area (Å²) < 4.78 is 7.48. The topological polar surface area (TPSA) is 69.0 Å². The largest absolute Gasteiger partial charge is 0.444 e. The van der Waals surface area contributed by atoms with Crippen molar-refractivity contribution < 1.29 is 9.53 Å². The number of imidazole rings is 1. The Morgan fingerprint density at radius 3 is 2.74 bits per heavy atom. The third kappa shape index (κ3) is 4.43. The number of rotatable bonds is 5. The third-order valence-electron chi connectivity index (χ3n) is 5.21. The molecule has 0 bridgehead atoms. The number of carbonyl (C=O) groups excluding carboxylic acids is 1. The molecule has 6 nitrogen and oxygen atoms in total. The van der Waals surface area contributed by atoms with Gasteiger partial charge >= 0.3 is 6.09 Å². The smallest absolute Gasteiger partial charge is 0.412 e. The zero-order chi connectivity index (χ0) is 22.1. The molecule has 0 unspecified atom stereocenters. The van der Waals surface area contributed by atoms with Crippen LogP contribution >= 0.6 is 22.9 Å². The summed E-state index contributed by atoms with van der Waals surface area (Å²) in [6, 6.07) is 11.6. The van der Waals surface area contributed by atoms with E-state index in [4.69, 9.17) is 21.3 Å². The molecule has 1 amide bonds. The number of benzene rings is 2. The second-order valence-corrected chi connectivity index (χ2v) is 8.79. The van der Waals surface area contributed by atoms with E-state index in [1.165, 1.54) is 11.3 Å². The van der Waals surface area contributed by atoms with E-state index >= 15 is 0 Å². The summed E-state index contributed by atoms with van der Waals surface area (Å²) in [4.78, 5) is 21.7. The Morgan fingerprint density at radius 1 is 1.19 bits per heavy atom. The number of thiazole rings is 1. The molecular weight excluding hydrogens is 432 g/mol. The number of hydrogen-bond acceptors (Lipinski definition) is 5. The van der Waals surface area contributed by atoms with E-state index in [0.717, 1.165) is 44.2 Å².